The third-order valence-electron chi connectivity index (χ3n) is 5.73. The van der Waals surface area contributed by atoms with Gasteiger partial charge in [-0.1, -0.05) is 25.1 Å². The fraction of sp³-hybridized carbons (Fsp3) is 0.682. The summed E-state index contributed by atoms with van der Waals surface area (Å²) in [6.07, 6.45) is -3.72. The number of rotatable bonds is 6. The molecule has 3 aliphatic heterocycles. The van der Waals surface area contributed by atoms with Crippen LogP contribution in [-0.4, -0.2) is 66.6 Å². The van der Waals surface area contributed by atoms with Gasteiger partial charge in [-0.25, -0.2) is 4.79 Å². The van der Waals surface area contributed by atoms with E-state index in [1.54, 1.807) is 52.8 Å². The summed E-state index contributed by atoms with van der Waals surface area (Å²) in [5.74, 6) is -2.10. The summed E-state index contributed by atoms with van der Waals surface area (Å²) in [7, 11) is 0. The van der Waals surface area contributed by atoms with Gasteiger partial charge in [0.1, 0.15) is 37.6 Å². The highest BCUT2D eigenvalue weighted by Crippen LogP contribution is 2.44. The predicted octanol–water partition coefficient (Wildman–Crippen LogP) is 3.25. The third-order valence-corrected chi connectivity index (χ3v) is 5.73. The lowest BCUT2D eigenvalue weighted by molar-refractivity contribution is -0.385. The van der Waals surface area contributed by atoms with E-state index in [1.807, 2.05) is 0 Å². The number of hydrogen-bond donors (Lipinski definition) is 0. The number of fused-ring (bicyclic) bond motifs is 3. The molecule has 0 saturated carbocycles. The van der Waals surface area contributed by atoms with Crippen LogP contribution in [0.15, 0.2) is 24.3 Å². The largest absolute Gasteiger partial charge is 0.508 e. The van der Waals surface area contributed by atoms with Crippen molar-refractivity contribution in [1.82, 2.24) is 0 Å². The van der Waals surface area contributed by atoms with Crippen LogP contribution in [0.25, 0.3) is 0 Å². The minimum Gasteiger partial charge on any atom is -0.434 e. The van der Waals surface area contributed by atoms with Gasteiger partial charge in [0.2, 0.25) is 0 Å². The molecule has 3 saturated heterocycles. The van der Waals surface area contributed by atoms with Gasteiger partial charge >= 0.3 is 6.16 Å². The number of carbonyl (C=O) groups is 1. The molecule has 0 bridgehead atoms. The standard InChI is InChI=1S/C22H29NO10/c1-12(13-8-6-7-9-14(13)23(25)26)10-27-20(24)28-11-15-16-17(31-21(2,3)30-16)18-19(29-15)33-22(4,5)32-18/h6-9,12,15-19H,10-11H2,1-5H3/t12?,15-,16+,17+,18-,19-/m1/s1. The van der Waals surface area contributed by atoms with E-state index >= 15 is 0 Å². The van der Waals surface area contributed by atoms with Gasteiger partial charge in [0, 0.05) is 17.5 Å². The maximum Gasteiger partial charge on any atom is 0.508 e. The molecular weight excluding hydrogens is 438 g/mol. The van der Waals surface area contributed by atoms with E-state index in [4.69, 9.17) is 33.2 Å². The Bertz CT molecular complexity index is 903. The Morgan fingerprint density at radius 1 is 1.03 bits per heavy atom. The van der Waals surface area contributed by atoms with E-state index in [2.05, 4.69) is 0 Å². The van der Waals surface area contributed by atoms with Crippen LogP contribution in [0.3, 0.4) is 0 Å². The van der Waals surface area contributed by atoms with Crippen molar-refractivity contribution in [2.75, 3.05) is 13.2 Å². The predicted molar refractivity (Wildman–Crippen MR) is 111 cm³/mol. The minimum atomic E-state index is -0.912. The van der Waals surface area contributed by atoms with Gasteiger partial charge in [-0.15, -0.1) is 0 Å². The van der Waals surface area contributed by atoms with Crippen molar-refractivity contribution in [2.45, 2.75) is 82.8 Å². The van der Waals surface area contributed by atoms with Crippen molar-refractivity contribution in [2.24, 2.45) is 0 Å². The molecule has 3 heterocycles. The second kappa shape index (κ2) is 8.80. The highest BCUT2D eigenvalue weighted by atomic mass is 16.9. The van der Waals surface area contributed by atoms with E-state index in [9.17, 15) is 14.9 Å². The number of carbonyl (C=O) groups excluding carboxylic acids is 1. The van der Waals surface area contributed by atoms with E-state index in [0.29, 0.717) is 5.56 Å². The first kappa shape index (κ1) is 23.8. The number of para-hydroxylation sites is 1. The Morgan fingerprint density at radius 2 is 1.67 bits per heavy atom. The average Bonchev–Trinajstić information content (AvgIpc) is 3.23. The van der Waals surface area contributed by atoms with Crippen LogP contribution < -0.4 is 0 Å². The van der Waals surface area contributed by atoms with Crippen molar-refractivity contribution >= 4 is 11.8 Å². The van der Waals surface area contributed by atoms with Crippen molar-refractivity contribution < 1.29 is 42.9 Å². The molecule has 1 aromatic rings. The number of ether oxygens (including phenoxy) is 7. The second-order valence-corrected chi connectivity index (χ2v) is 9.30. The minimum absolute atomic E-state index is 0.0270. The zero-order valence-electron chi connectivity index (χ0n) is 19.2. The van der Waals surface area contributed by atoms with Crippen LogP contribution in [-0.2, 0) is 33.2 Å². The van der Waals surface area contributed by atoms with Gasteiger partial charge < -0.3 is 33.2 Å². The SMILES string of the molecule is CC(COC(=O)OC[C@H]1O[C@@H]2OC(C)(C)O[C@@H]2[C@H]2OC(C)(C)O[C@H]21)c1ccccc1[N+](=O)[O-]. The first-order valence-electron chi connectivity index (χ1n) is 10.9. The Labute approximate surface area is 191 Å². The molecular formula is C22H29NO10. The van der Waals surface area contributed by atoms with Gasteiger partial charge in [0.05, 0.1) is 4.92 Å². The summed E-state index contributed by atoms with van der Waals surface area (Å²) in [4.78, 5) is 23.0. The Balaban J connectivity index is 1.34. The number of nitrogens with zero attached hydrogens (tertiary/aromatic N) is 1. The maximum absolute atomic E-state index is 12.2. The highest BCUT2D eigenvalue weighted by Gasteiger charge is 2.60. The lowest BCUT2D eigenvalue weighted by Crippen LogP contribution is -2.56. The van der Waals surface area contributed by atoms with Crippen LogP contribution in [0.4, 0.5) is 10.5 Å². The van der Waals surface area contributed by atoms with Crippen molar-refractivity contribution in [3.05, 3.63) is 39.9 Å². The van der Waals surface area contributed by atoms with Crippen LogP contribution in [0, 0.1) is 10.1 Å². The van der Waals surface area contributed by atoms with Gasteiger partial charge in [-0.3, -0.25) is 10.1 Å². The highest BCUT2D eigenvalue weighted by molar-refractivity contribution is 5.60. The molecule has 0 radical (unpaired) electrons. The zero-order chi connectivity index (χ0) is 24.0. The molecule has 0 aromatic heterocycles. The molecule has 0 aliphatic carbocycles. The third kappa shape index (κ3) is 5.12. The van der Waals surface area contributed by atoms with Crippen LogP contribution in [0.2, 0.25) is 0 Å². The molecule has 11 nitrogen and oxygen atoms in total. The molecule has 182 valence electrons. The summed E-state index contributed by atoms with van der Waals surface area (Å²) >= 11 is 0. The molecule has 1 unspecified atom stereocenters. The molecule has 11 heteroatoms. The first-order valence-corrected chi connectivity index (χ1v) is 10.9. The van der Waals surface area contributed by atoms with Crippen LogP contribution in [0.1, 0.15) is 46.1 Å². The number of nitro groups is 1. The molecule has 3 fully saturated rings. The number of benzene rings is 1. The first-order chi connectivity index (χ1) is 15.5. The molecule has 3 aliphatic rings. The second-order valence-electron chi connectivity index (χ2n) is 9.30. The molecule has 0 N–H and O–H groups in total. The smallest absolute Gasteiger partial charge is 0.434 e. The fourth-order valence-corrected chi connectivity index (χ4v) is 4.37. The summed E-state index contributed by atoms with van der Waals surface area (Å²) in [5, 5.41) is 11.2. The van der Waals surface area contributed by atoms with Crippen LogP contribution >= 0.6 is 0 Å². The Hall–Kier alpha value is -2.31. The lowest BCUT2D eigenvalue weighted by atomic mass is 9.99. The number of nitro benzene ring substituents is 1. The molecule has 0 spiro atoms. The van der Waals surface area contributed by atoms with Crippen molar-refractivity contribution in [1.29, 1.82) is 0 Å². The Morgan fingerprint density at radius 3 is 2.39 bits per heavy atom. The number of hydrogen-bond acceptors (Lipinski definition) is 10. The maximum atomic E-state index is 12.2. The monoisotopic (exact) mass is 467 g/mol. The van der Waals surface area contributed by atoms with Crippen molar-refractivity contribution in [3.8, 4) is 0 Å². The fourth-order valence-electron chi connectivity index (χ4n) is 4.37. The molecule has 4 rings (SSSR count). The average molecular weight is 467 g/mol. The van der Waals surface area contributed by atoms with Gasteiger partial charge in [0.25, 0.3) is 5.69 Å². The van der Waals surface area contributed by atoms with Crippen molar-refractivity contribution in [3.63, 3.8) is 0 Å². The summed E-state index contributed by atoms with van der Waals surface area (Å²) in [5.41, 5.74) is 0.445. The zero-order valence-corrected chi connectivity index (χ0v) is 19.2. The van der Waals surface area contributed by atoms with E-state index < -0.39 is 59.3 Å². The molecule has 6 atom stereocenters. The normalized spacial score (nSPS) is 32.5. The van der Waals surface area contributed by atoms with Gasteiger partial charge in [-0.05, 0) is 27.7 Å². The van der Waals surface area contributed by atoms with Crippen LogP contribution in [0.5, 0.6) is 0 Å². The summed E-state index contributed by atoms with van der Waals surface area (Å²) in [6, 6.07) is 6.33. The lowest BCUT2D eigenvalue weighted by Gasteiger charge is -2.36. The molecule has 0 amide bonds. The van der Waals surface area contributed by atoms with Gasteiger partial charge in [0.15, 0.2) is 17.9 Å². The van der Waals surface area contributed by atoms with E-state index in [-0.39, 0.29) is 18.9 Å². The summed E-state index contributed by atoms with van der Waals surface area (Å²) in [6.45, 7) is 8.65. The molecule has 1 aromatic carbocycles. The van der Waals surface area contributed by atoms with E-state index in [1.165, 1.54) is 6.07 Å². The molecule has 33 heavy (non-hydrogen) atoms. The quantitative estimate of drug-likeness (QED) is 0.350. The summed E-state index contributed by atoms with van der Waals surface area (Å²) < 4.78 is 40.2. The Kier molecular flexibility index (Phi) is 6.36. The van der Waals surface area contributed by atoms with Gasteiger partial charge in [-0.2, -0.15) is 0 Å². The van der Waals surface area contributed by atoms with E-state index in [0.717, 1.165) is 0 Å². The topological polar surface area (TPSA) is 125 Å².